The van der Waals surface area contributed by atoms with Crippen LogP contribution < -0.4 is 5.32 Å². The number of carbonyl (C=O) groups is 2. The summed E-state index contributed by atoms with van der Waals surface area (Å²) in [6.45, 7) is 2.41. The first-order valence-electron chi connectivity index (χ1n) is 6.34. The van der Waals surface area contributed by atoms with Gasteiger partial charge in [0.05, 0.1) is 6.04 Å². The van der Waals surface area contributed by atoms with Crippen LogP contribution in [0.1, 0.15) is 17.3 Å². The summed E-state index contributed by atoms with van der Waals surface area (Å²) in [7, 11) is 0. The lowest BCUT2D eigenvalue weighted by Gasteiger charge is -2.17. The number of aliphatic hydroxyl groups is 1. The molecule has 0 spiro atoms. The molecule has 0 saturated carbocycles. The van der Waals surface area contributed by atoms with Crippen LogP contribution in [-0.2, 0) is 4.79 Å². The molecule has 1 aromatic carbocycles. The molecule has 102 valence electrons. The standard InChI is InChI=1S/C14H18N2O3/c1-10(18)16-7-12(9-17)13(8-16)15-14(19)11-5-3-2-4-6-11/h2-6,12-13,17H,7-9H2,1H3,(H,15,19)/t12-,13+/m0/s1. The second-order valence-electron chi connectivity index (χ2n) is 4.81. The smallest absolute Gasteiger partial charge is 0.251 e. The average Bonchev–Trinajstić information content (AvgIpc) is 2.83. The molecule has 2 amide bonds. The summed E-state index contributed by atoms with van der Waals surface area (Å²) in [6.07, 6.45) is 0. The van der Waals surface area contributed by atoms with E-state index in [4.69, 9.17) is 0 Å². The van der Waals surface area contributed by atoms with E-state index in [1.165, 1.54) is 6.92 Å². The molecule has 2 N–H and O–H groups in total. The van der Waals surface area contributed by atoms with Gasteiger partial charge in [0.15, 0.2) is 0 Å². The number of nitrogens with one attached hydrogen (secondary N) is 1. The van der Waals surface area contributed by atoms with Crippen molar-refractivity contribution >= 4 is 11.8 Å². The van der Waals surface area contributed by atoms with Gasteiger partial charge in [0, 0.05) is 38.1 Å². The van der Waals surface area contributed by atoms with Crippen LogP contribution in [0.15, 0.2) is 30.3 Å². The second kappa shape index (κ2) is 5.84. The molecule has 5 heteroatoms. The third-order valence-electron chi connectivity index (χ3n) is 3.47. The quantitative estimate of drug-likeness (QED) is 0.820. The fraction of sp³-hybridized carbons (Fsp3) is 0.429. The van der Waals surface area contributed by atoms with E-state index < -0.39 is 0 Å². The van der Waals surface area contributed by atoms with Crippen molar-refractivity contribution in [1.29, 1.82) is 0 Å². The van der Waals surface area contributed by atoms with Crippen LogP contribution in [0.25, 0.3) is 0 Å². The van der Waals surface area contributed by atoms with E-state index in [-0.39, 0.29) is 30.4 Å². The average molecular weight is 262 g/mol. The van der Waals surface area contributed by atoms with Crippen molar-refractivity contribution in [2.75, 3.05) is 19.7 Å². The van der Waals surface area contributed by atoms with E-state index in [0.29, 0.717) is 18.7 Å². The highest BCUT2D eigenvalue weighted by molar-refractivity contribution is 5.94. The van der Waals surface area contributed by atoms with Gasteiger partial charge in [-0.1, -0.05) is 18.2 Å². The van der Waals surface area contributed by atoms with Crippen LogP contribution in [0.4, 0.5) is 0 Å². The third kappa shape index (κ3) is 3.12. The minimum absolute atomic E-state index is 0.0325. The molecule has 1 heterocycles. The van der Waals surface area contributed by atoms with Crippen molar-refractivity contribution in [2.24, 2.45) is 5.92 Å². The molecule has 0 unspecified atom stereocenters. The molecule has 2 rings (SSSR count). The minimum Gasteiger partial charge on any atom is -0.396 e. The Hall–Kier alpha value is -1.88. The van der Waals surface area contributed by atoms with Gasteiger partial charge in [0.1, 0.15) is 0 Å². The lowest BCUT2D eigenvalue weighted by atomic mass is 10.0. The molecule has 1 aromatic rings. The summed E-state index contributed by atoms with van der Waals surface area (Å²) in [5, 5.41) is 12.2. The van der Waals surface area contributed by atoms with Gasteiger partial charge in [-0.2, -0.15) is 0 Å². The van der Waals surface area contributed by atoms with Gasteiger partial charge in [0.25, 0.3) is 5.91 Å². The van der Waals surface area contributed by atoms with Crippen molar-refractivity contribution < 1.29 is 14.7 Å². The van der Waals surface area contributed by atoms with Crippen LogP contribution in [0.3, 0.4) is 0 Å². The number of aliphatic hydroxyl groups excluding tert-OH is 1. The SMILES string of the molecule is CC(=O)N1C[C@@H](CO)[C@H](NC(=O)c2ccccc2)C1. The maximum atomic E-state index is 12.0. The Labute approximate surface area is 112 Å². The van der Waals surface area contributed by atoms with E-state index >= 15 is 0 Å². The molecule has 19 heavy (non-hydrogen) atoms. The highest BCUT2D eigenvalue weighted by Gasteiger charge is 2.34. The zero-order valence-corrected chi connectivity index (χ0v) is 10.9. The van der Waals surface area contributed by atoms with Gasteiger partial charge < -0.3 is 15.3 Å². The molecule has 1 fully saturated rings. The molecule has 0 bridgehead atoms. The summed E-state index contributed by atoms with van der Waals surface area (Å²) in [4.78, 5) is 25.0. The predicted molar refractivity (Wildman–Crippen MR) is 70.5 cm³/mol. The molecule has 0 radical (unpaired) electrons. The Morgan fingerprint density at radius 1 is 1.32 bits per heavy atom. The number of nitrogens with zero attached hydrogens (tertiary/aromatic N) is 1. The molecule has 2 atom stereocenters. The lowest BCUT2D eigenvalue weighted by Crippen LogP contribution is -2.41. The Bertz CT molecular complexity index is 461. The molecule has 1 saturated heterocycles. The first-order valence-corrected chi connectivity index (χ1v) is 6.34. The van der Waals surface area contributed by atoms with Crippen LogP contribution in [0.2, 0.25) is 0 Å². The number of hydrogen-bond donors (Lipinski definition) is 2. The first kappa shape index (κ1) is 13.5. The van der Waals surface area contributed by atoms with Gasteiger partial charge in [-0.05, 0) is 12.1 Å². The fourth-order valence-electron chi connectivity index (χ4n) is 2.32. The Balaban J connectivity index is 2.02. The van der Waals surface area contributed by atoms with Crippen LogP contribution in [0.5, 0.6) is 0 Å². The maximum absolute atomic E-state index is 12.0. The van der Waals surface area contributed by atoms with E-state index in [1.54, 1.807) is 29.2 Å². The van der Waals surface area contributed by atoms with Gasteiger partial charge in [0.2, 0.25) is 5.91 Å². The van der Waals surface area contributed by atoms with Gasteiger partial charge in [-0.25, -0.2) is 0 Å². The number of likely N-dealkylation sites (tertiary alicyclic amines) is 1. The predicted octanol–water partition coefficient (Wildman–Crippen LogP) is 0.256. The number of carbonyl (C=O) groups excluding carboxylic acids is 2. The number of amides is 2. The summed E-state index contributed by atoms with van der Waals surface area (Å²) < 4.78 is 0. The second-order valence-corrected chi connectivity index (χ2v) is 4.81. The number of benzene rings is 1. The molecule has 0 aromatic heterocycles. The summed E-state index contributed by atoms with van der Waals surface area (Å²) in [5.41, 5.74) is 0.584. The highest BCUT2D eigenvalue weighted by Crippen LogP contribution is 2.17. The normalized spacial score (nSPS) is 22.3. The zero-order chi connectivity index (χ0) is 13.8. The summed E-state index contributed by atoms with van der Waals surface area (Å²) in [5.74, 6) is -0.305. The fourth-order valence-corrected chi connectivity index (χ4v) is 2.32. The molecule has 5 nitrogen and oxygen atoms in total. The largest absolute Gasteiger partial charge is 0.396 e. The highest BCUT2D eigenvalue weighted by atomic mass is 16.3. The van der Waals surface area contributed by atoms with Crippen molar-refractivity contribution in [3.05, 3.63) is 35.9 Å². The monoisotopic (exact) mass is 262 g/mol. The Morgan fingerprint density at radius 2 is 2.00 bits per heavy atom. The topological polar surface area (TPSA) is 69.6 Å². The zero-order valence-electron chi connectivity index (χ0n) is 10.9. The molecule has 1 aliphatic rings. The van der Waals surface area contributed by atoms with Crippen molar-refractivity contribution in [2.45, 2.75) is 13.0 Å². The maximum Gasteiger partial charge on any atom is 0.251 e. The van der Waals surface area contributed by atoms with E-state index in [0.717, 1.165) is 0 Å². The van der Waals surface area contributed by atoms with Crippen LogP contribution in [0, 0.1) is 5.92 Å². The van der Waals surface area contributed by atoms with E-state index in [1.807, 2.05) is 6.07 Å². The van der Waals surface area contributed by atoms with E-state index in [2.05, 4.69) is 5.32 Å². The van der Waals surface area contributed by atoms with Gasteiger partial charge in [-0.3, -0.25) is 9.59 Å². The minimum atomic E-state index is -0.193. The molecular formula is C14H18N2O3. The third-order valence-corrected chi connectivity index (χ3v) is 3.47. The first-order chi connectivity index (χ1) is 9.11. The summed E-state index contributed by atoms with van der Waals surface area (Å²) in [6, 6.07) is 8.73. The van der Waals surface area contributed by atoms with Crippen LogP contribution >= 0.6 is 0 Å². The Kier molecular flexibility index (Phi) is 4.16. The van der Waals surface area contributed by atoms with Crippen molar-refractivity contribution in [3.63, 3.8) is 0 Å². The number of rotatable bonds is 3. The lowest BCUT2D eigenvalue weighted by molar-refractivity contribution is -0.128. The summed E-state index contributed by atoms with van der Waals surface area (Å²) >= 11 is 0. The number of hydrogen-bond acceptors (Lipinski definition) is 3. The van der Waals surface area contributed by atoms with E-state index in [9.17, 15) is 14.7 Å². The van der Waals surface area contributed by atoms with Gasteiger partial charge >= 0.3 is 0 Å². The molecule has 1 aliphatic heterocycles. The van der Waals surface area contributed by atoms with Crippen molar-refractivity contribution in [3.8, 4) is 0 Å². The molecular weight excluding hydrogens is 244 g/mol. The Morgan fingerprint density at radius 3 is 2.58 bits per heavy atom. The van der Waals surface area contributed by atoms with Gasteiger partial charge in [-0.15, -0.1) is 0 Å². The van der Waals surface area contributed by atoms with Crippen LogP contribution in [-0.4, -0.2) is 47.6 Å². The molecule has 0 aliphatic carbocycles. The van der Waals surface area contributed by atoms with Crippen molar-refractivity contribution in [1.82, 2.24) is 10.2 Å².